The number of hydrogen-bond donors (Lipinski definition) is 1. The number of nitrogens with one attached hydrogen (secondary N) is 1. The van der Waals surface area contributed by atoms with Crippen molar-refractivity contribution in [1.82, 2.24) is 14.8 Å². The number of halogens is 4. The molecule has 2 atom stereocenters. The van der Waals surface area contributed by atoms with Crippen LogP contribution in [-0.4, -0.2) is 26.5 Å². The molecule has 1 N–H and O–H groups in total. The summed E-state index contributed by atoms with van der Waals surface area (Å²) < 4.78 is 40.6. The lowest BCUT2D eigenvalue weighted by molar-refractivity contribution is -0.137. The first kappa shape index (κ1) is 20.7. The van der Waals surface area contributed by atoms with Crippen LogP contribution in [0, 0.1) is 0 Å². The van der Waals surface area contributed by atoms with Crippen molar-refractivity contribution in [2.24, 2.45) is 0 Å². The standard InChI is InChI=1S/C19H14BrF3N4O2S/c1-9-6-12(10-2-4-11(5-3-10)19(21,22)23)16(28)15-13(7-25-27(9)15)26-17(29)14-8-24-18(20)30-14/h2-5,7-9,12H,6H2,1H3,(H,26,29)/t9-,12?/m0/s1. The van der Waals surface area contributed by atoms with Gasteiger partial charge in [-0.15, -0.1) is 11.3 Å². The summed E-state index contributed by atoms with van der Waals surface area (Å²) in [5, 5.41) is 6.91. The van der Waals surface area contributed by atoms with E-state index in [2.05, 4.69) is 31.3 Å². The molecule has 4 rings (SSSR count). The van der Waals surface area contributed by atoms with Gasteiger partial charge in [0.05, 0.1) is 35.6 Å². The fourth-order valence-corrected chi connectivity index (χ4v) is 4.64. The number of nitrogens with zero attached hydrogens (tertiary/aromatic N) is 3. The van der Waals surface area contributed by atoms with E-state index in [4.69, 9.17) is 0 Å². The fourth-order valence-electron chi connectivity index (χ4n) is 3.48. The number of hydrogen-bond acceptors (Lipinski definition) is 5. The zero-order valence-electron chi connectivity index (χ0n) is 15.4. The molecule has 1 unspecified atom stereocenters. The Bertz CT molecular complexity index is 1120. The molecule has 6 nitrogen and oxygen atoms in total. The van der Waals surface area contributed by atoms with E-state index in [0.717, 1.165) is 23.5 Å². The maximum Gasteiger partial charge on any atom is 0.416 e. The molecular weight excluding hydrogens is 485 g/mol. The molecule has 0 saturated heterocycles. The van der Waals surface area contributed by atoms with Gasteiger partial charge < -0.3 is 5.32 Å². The lowest BCUT2D eigenvalue weighted by Gasteiger charge is -2.28. The van der Waals surface area contributed by atoms with Crippen molar-refractivity contribution in [2.75, 3.05) is 5.32 Å². The van der Waals surface area contributed by atoms with E-state index in [1.807, 2.05) is 6.92 Å². The maximum absolute atomic E-state index is 13.2. The molecule has 11 heteroatoms. The monoisotopic (exact) mass is 498 g/mol. The summed E-state index contributed by atoms with van der Waals surface area (Å²) in [4.78, 5) is 30.0. The molecule has 1 aliphatic rings. The number of thiazole rings is 1. The summed E-state index contributed by atoms with van der Waals surface area (Å²) >= 11 is 4.34. The van der Waals surface area contributed by atoms with Gasteiger partial charge >= 0.3 is 6.18 Å². The lowest BCUT2D eigenvalue weighted by atomic mass is 9.84. The number of rotatable bonds is 3. The van der Waals surface area contributed by atoms with Crippen molar-refractivity contribution in [3.05, 3.63) is 62.3 Å². The third kappa shape index (κ3) is 3.79. The van der Waals surface area contributed by atoms with Crippen molar-refractivity contribution >= 4 is 44.6 Å². The smallest absolute Gasteiger partial charge is 0.318 e. The Morgan fingerprint density at radius 1 is 1.27 bits per heavy atom. The minimum Gasteiger partial charge on any atom is -0.318 e. The largest absolute Gasteiger partial charge is 0.416 e. The quantitative estimate of drug-likeness (QED) is 0.531. The normalized spacial score (nSPS) is 18.9. The highest BCUT2D eigenvalue weighted by Gasteiger charge is 2.37. The van der Waals surface area contributed by atoms with E-state index in [-0.39, 0.29) is 23.2 Å². The third-order valence-corrected chi connectivity index (χ3v) is 6.40. The van der Waals surface area contributed by atoms with Gasteiger partial charge in [0.1, 0.15) is 10.6 Å². The van der Waals surface area contributed by atoms with Crippen LogP contribution in [0.4, 0.5) is 18.9 Å². The number of benzene rings is 1. The van der Waals surface area contributed by atoms with Crippen molar-refractivity contribution in [2.45, 2.75) is 31.5 Å². The molecule has 2 aromatic heterocycles. The molecule has 0 saturated carbocycles. The lowest BCUT2D eigenvalue weighted by Crippen LogP contribution is -2.29. The average Bonchev–Trinajstić information content (AvgIpc) is 3.31. The molecule has 3 aromatic rings. The molecule has 1 aliphatic heterocycles. The first-order chi connectivity index (χ1) is 14.1. The summed E-state index contributed by atoms with van der Waals surface area (Å²) in [6.07, 6.45) is -1.22. The Hall–Kier alpha value is -2.53. The van der Waals surface area contributed by atoms with E-state index in [1.165, 1.54) is 24.5 Å². The molecule has 1 aromatic carbocycles. The minimum atomic E-state index is -4.44. The molecule has 3 heterocycles. The second-order valence-corrected chi connectivity index (χ2v) is 9.21. The van der Waals surface area contributed by atoms with E-state index >= 15 is 0 Å². The Morgan fingerprint density at radius 3 is 2.57 bits per heavy atom. The first-order valence-corrected chi connectivity index (χ1v) is 10.5. The Balaban J connectivity index is 1.63. The Morgan fingerprint density at radius 2 is 1.97 bits per heavy atom. The molecule has 156 valence electrons. The second-order valence-electron chi connectivity index (χ2n) is 6.90. The molecule has 0 bridgehead atoms. The van der Waals surface area contributed by atoms with Crippen molar-refractivity contribution in [1.29, 1.82) is 0 Å². The van der Waals surface area contributed by atoms with E-state index in [0.29, 0.717) is 20.8 Å². The SMILES string of the molecule is C[C@H]1CC(c2ccc(C(F)(F)F)cc2)C(=O)c2c(NC(=O)c3cnc(Br)s3)cnn21. The van der Waals surface area contributed by atoms with Gasteiger partial charge in [0.25, 0.3) is 5.91 Å². The molecule has 0 spiro atoms. The minimum absolute atomic E-state index is 0.173. The molecular formula is C19H14BrF3N4O2S. The van der Waals surface area contributed by atoms with Gasteiger partial charge in [-0.2, -0.15) is 18.3 Å². The number of anilines is 1. The number of fused-ring (bicyclic) bond motifs is 1. The first-order valence-electron chi connectivity index (χ1n) is 8.86. The number of Topliss-reactive ketones (excluding diaryl/α,β-unsaturated/α-hetero) is 1. The number of amides is 1. The molecule has 0 radical (unpaired) electrons. The highest BCUT2D eigenvalue weighted by molar-refractivity contribution is 9.11. The van der Waals surface area contributed by atoms with Crippen LogP contribution in [0.2, 0.25) is 0 Å². The summed E-state index contributed by atoms with van der Waals surface area (Å²) in [6.45, 7) is 1.87. The van der Waals surface area contributed by atoms with E-state index in [1.54, 1.807) is 4.68 Å². The zero-order valence-corrected chi connectivity index (χ0v) is 17.8. The number of carbonyl (C=O) groups is 2. The van der Waals surface area contributed by atoms with Crippen LogP contribution in [0.3, 0.4) is 0 Å². The maximum atomic E-state index is 13.2. The summed E-state index contributed by atoms with van der Waals surface area (Å²) in [6, 6.07) is 4.44. The van der Waals surface area contributed by atoms with Crippen LogP contribution in [-0.2, 0) is 6.18 Å². The Labute approximate surface area is 181 Å². The van der Waals surface area contributed by atoms with Crippen molar-refractivity contribution in [3.63, 3.8) is 0 Å². The van der Waals surface area contributed by atoms with Gasteiger partial charge in [-0.25, -0.2) is 4.98 Å². The van der Waals surface area contributed by atoms with Crippen molar-refractivity contribution in [3.8, 4) is 0 Å². The van der Waals surface area contributed by atoms with E-state index < -0.39 is 23.6 Å². The van der Waals surface area contributed by atoms with Crippen LogP contribution in [0.15, 0.2) is 40.6 Å². The van der Waals surface area contributed by atoms with Crippen LogP contribution in [0.25, 0.3) is 0 Å². The van der Waals surface area contributed by atoms with Gasteiger partial charge in [0.15, 0.2) is 9.70 Å². The zero-order chi connectivity index (χ0) is 21.6. The van der Waals surface area contributed by atoms with Gasteiger partial charge in [-0.3, -0.25) is 14.3 Å². The number of ketones is 1. The van der Waals surface area contributed by atoms with Crippen LogP contribution >= 0.6 is 27.3 Å². The number of aromatic nitrogens is 3. The summed E-state index contributed by atoms with van der Waals surface area (Å²) in [7, 11) is 0. The summed E-state index contributed by atoms with van der Waals surface area (Å²) in [5.74, 6) is -1.35. The fraction of sp³-hybridized carbons (Fsp3) is 0.263. The molecule has 0 fully saturated rings. The van der Waals surface area contributed by atoms with Crippen LogP contribution < -0.4 is 5.32 Å². The predicted molar refractivity (Wildman–Crippen MR) is 108 cm³/mol. The van der Waals surface area contributed by atoms with Gasteiger partial charge in [0, 0.05) is 0 Å². The van der Waals surface area contributed by atoms with Gasteiger partial charge in [-0.05, 0) is 47.0 Å². The highest BCUT2D eigenvalue weighted by Crippen LogP contribution is 2.39. The average molecular weight is 499 g/mol. The number of alkyl halides is 3. The highest BCUT2D eigenvalue weighted by atomic mass is 79.9. The van der Waals surface area contributed by atoms with Gasteiger partial charge in [-0.1, -0.05) is 12.1 Å². The van der Waals surface area contributed by atoms with Crippen molar-refractivity contribution < 1.29 is 22.8 Å². The topological polar surface area (TPSA) is 76.9 Å². The molecule has 30 heavy (non-hydrogen) atoms. The third-order valence-electron chi connectivity index (χ3n) is 4.93. The second kappa shape index (κ2) is 7.62. The Kier molecular flexibility index (Phi) is 5.27. The summed E-state index contributed by atoms with van der Waals surface area (Å²) in [5.41, 5.74) is 0.223. The molecule has 0 aliphatic carbocycles. The van der Waals surface area contributed by atoms with Crippen LogP contribution in [0.1, 0.15) is 56.6 Å². The predicted octanol–water partition coefficient (Wildman–Crippen LogP) is 5.30. The van der Waals surface area contributed by atoms with Crippen LogP contribution in [0.5, 0.6) is 0 Å². The number of carbonyl (C=O) groups excluding carboxylic acids is 2. The van der Waals surface area contributed by atoms with E-state index in [9.17, 15) is 22.8 Å². The molecule has 1 amide bonds. The van der Waals surface area contributed by atoms with Gasteiger partial charge in [0.2, 0.25) is 0 Å².